The highest BCUT2D eigenvalue weighted by Crippen LogP contribution is 2.28. The van der Waals surface area contributed by atoms with E-state index in [2.05, 4.69) is 4.98 Å². The summed E-state index contributed by atoms with van der Waals surface area (Å²) in [6.45, 7) is 0. The molecule has 1 N–H and O–H groups in total. The minimum absolute atomic E-state index is 0.0434. The average molecular weight is 310 g/mol. The highest BCUT2D eigenvalue weighted by Gasteiger charge is 2.17. The molecule has 0 atom stereocenters. The first kappa shape index (κ1) is 11.1. The summed E-state index contributed by atoms with van der Waals surface area (Å²) in [7, 11) is 0. The number of hydrogen-bond donors (Lipinski definition) is 1. The van der Waals surface area contributed by atoms with E-state index >= 15 is 0 Å². The van der Waals surface area contributed by atoms with E-state index in [1.54, 1.807) is 0 Å². The Bertz CT molecular complexity index is 390. The van der Waals surface area contributed by atoms with Crippen molar-refractivity contribution < 1.29 is 13.9 Å². The molecule has 74 valence electrons. The molecule has 1 aromatic heterocycles. The molecule has 0 unspecified atom stereocenters. The Labute approximate surface area is 92.5 Å². The first-order valence-corrected chi connectivity index (χ1v) is 4.67. The molecular weight excluding hydrogens is 305 g/mol. The van der Waals surface area contributed by atoms with Gasteiger partial charge >= 0.3 is 0 Å². The summed E-state index contributed by atoms with van der Waals surface area (Å²) in [5, 5.41) is 17.5. The maximum Gasteiger partial charge on any atom is 0.284 e. The number of rotatable bonds is 2. The molecule has 1 rings (SSSR count). The smallest absolute Gasteiger partial charge is 0.284 e. The summed E-state index contributed by atoms with van der Waals surface area (Å²) in [5.41, 5.74) is -0.406. The molecule has 6 heteroatoms. The summed E-state index contributed by atoms with van der Waals surface area (Å²) in [6.07, 6.45) is -2.87. The lowest BCUT2D eigenvalue weighted by Gasteiger charge is -2.05. The van der Waals surface area contributed by atoms with Crippen LogP contribution in [-0.2, 0) is 6.42 Å². The monoisotopic (exact) mass is 310 g/mol. The summed E-state index contributed by atoms with van der Waals surface area (Å²) >= 11 is 1.83. The predicted octanol–water partition coefficient (Wildman–Crippen LogP) is 2.40. The Hall–Kier alpha value is -0.970. The lowest BCUT2D eigenvalue weighted by atomic mass is 10.2. The first-order valence-electron chi connectivity index (χ1n) is 3.59. The van der Waals surface area contributed by atoms with Crippen molar-refractivity contribution in [2.24, 2.45) is 0 Å². The van der Waals surface area contributed by atoms with Crippen LogP contribution < -0.4 is 0 Å². The number of nitrogens with zero attached hydrogens (tertiary/aromatic N) is 2. The van der Waals surface area contributed by atoms with E-state index in [-0.39, 0.29) is 12.1 Å². The number of halogens is 3. The van der Waals surface area contributed by atoms with Crippen molar-refractivity contribution >= 4 is 22.6 Å². The van der Waals surface area contributed by atoms with Gasteiger partial charge in [0.05, 0.1) is 18.2 Å². The van der Waals surface area contributed by atoms with Crippen molar-refractivity contribution in [1.29, 1.82) is 5.26 Å². The number of hydrogen-bond acceptors (Lipinski definition) is 3. The van der Waals surface area contributed by atoms with E-state index in [0.29, 0.717) is 3.57 Å². The fourth-order valence-electron chi connectivity index (χ4n) is 0.893. The summed E-state index contributed by atoms with van der Waals surface area (Å²) in [4.78, 5) is 3.53. The lowest BCUT2D eigenvalue weighted by molar-refractivity contribution is 0.141. The molecule has 14 heavy (non-hydrogen) atoms. The molecule has 0 aliphatic carbocycles. The maximum absolute atomic E-state index is 12.3. The summed E-state index contributed by atoms with van der Waals surface area (Å²) in [6, 6.07) is 3.00. The van der Waals surface area contributed by atoms with E-state index in [4.69, 9.17) is 10.4 Å². The number of alkyl halides is 2. The van der Waals surface area contributed by atoms with Crippen LogP contribution in [0.2, 0.25) is 0 Å². The number of aromatic nitrogens is 1. The molecule has 0 spiro atoms. The molecular formula is C8H5F2IN2O. The van der Waals surface area contributed by atoms with Crippen molar-refractivity contribution in [2.45, 2.75) is 12.8 Å². The summed E-state index contributed by atoms with van der Waals surface area (Å²) in [5.74, 6) is -0.536. The lowest BCUT2D eigenvalue weighted by Crippen LogP contribution is -1.99. The summed E-state index contributed by atoms with van der Waals surface area (Å²) < 4.78 is 25.0. The molecule has 1 heterocycles. The Morgan fingerprint density at radius 3 is 2.79 bits per heavy atom. The van der Waals surface area contributed by atoms with Crippen molar-refractivity contribution in [3.63, 3.8) is 0 Å². The van der Waals surface area contributed by atoms with Gasteiger partial charge in [0, 0.05) is 3.57 Å². The van der Waals surface area contributed by atoms with Crippen LogP contribution >= 0.6 is 22.6 Å². The average Bonchev–Trinajstić information content (AvgIpc) is 2.09. The minimum atomic E-state index is -2.83. The van der Waals surface area contributed by atoms with Crippen LogP contribution in [0.3, 0.4) is 0 Å². The van der Waals surface area contributed by atoms with Gasteiger partial charge in [0.25, 0.3) is 6.43 Å². The molecule has 0 aromatic carbocycles. The molecule has 0 bridgehead atoms. The third kappa shape index (κ3) is 2.29. The van der Waals surface area contributed by atoms with Gasteiger partial charge < -0.3 is 5.11 Å². The van der Waals surface area contributed by atoms with Crippen LogP contribution in [0.5, 0.6) is 5.75 Å². The SMILES string of the molecule is N#CCc1nc(C(F)F)c(O)cc1I. The van der Waals surface area contributed by atoms with E-state index in [0.717, 1.165) is 0 Å². The van der Waals surface area contributed by atoms with Gasteiger partial charge in [0.1, 0.15) is 11.4 Å². The molecule has 0 radical (unpaired) electrons. The van der Waals surface area contributed by atoms with E-state index in [1.165, 1.54) is 6.07 Å². The molecule has 3 nitrogen and oxygen atoms in total. The zero-order valence-electron chi connectivity index (χ0n) is 6.84. The molecule has 0 saturated carbocycles. The Morgan fingerprint density at radius 2 is 2.29 bits per heavy atom. The third-order valence-corrected chi connectivity index (χ3v) is 2.44. The second-order valence-corrected chi connectivity index (χ2v) is 3.62. The standard InChI is InChI=1S/C8H5F2IN2O/c9-8(10)7-6(14)3-4(11)5(13-7)1-2-12/h3,8,14H,1H2. The highest BCUT2D eigenvalue weighted by atomic mass is 127. The number of nitriles is 1. The molecule has 0 saturated heterocycles. The van der Waals surface area contributed by atoms with Gasteiger partial charge in [-0.1, -0.05) is 0 Å². The second-order valence-electron chi connectivity index (χ2n) is 2.46. The molecule has 0 amide bonds. The predicted molar refractivity (Wildman–Crippen MR) is 52.9 cm³/mol. The van der Waals surface area contributed by atoms with Gasteiger partial charge in [-0.2, -0.15) is 5.26 Å². The Kier molecular flexibility index (Phi) is 3.57. The molecule has 0 aliphatic heterocycles. The van der Waals surface area contributed by atoms with Gasteiger partial charge in [-0.3, -0.25) is 0 Å². The van der Waals surface area contributed by atoms with Crippen LogP contribution in [0.15, 0.2) is 6.07 Å². The number of pyridine rings is 1. The molecule has 0 fully saturated rings. The minimum Gasteiger partial charge on any atom is -0.506 e. The van der Waals surface area contributed by atoms with Crippen molar-refractivity contribution in [1.82, 2.24) is 4.98 Å². The van der Waals surface area contributed by atoms with Crippen molar-refractivity contribution in [2.75, 3.05) is 0 Å². The molecule has 1 aromatic rings. The van der Waals surface area contributed by atoms with Crippen LogP contribution in [0.25, 0.3) is 0 Å². The van der Waals surface area contributed by atoms with Gasteiger partial charge in [0.15, 0.2) is 0 Å². The fraction of sp³-hybridized carbons (Fsp3) is 0.250. The van der Waals surface area contributed by atoms with Gasteiger partial charge in [-0.25, -0.2) is 13.8 Å². The van der Waals surface area contributed by atoms with Crippen LogP contribution in [0.4, 0.5) is 8.78 Å². The molecule has 0 aliphatic rings. The highest BCUT2D eigenvalue weighted by molar-refractivity contribution is 14.1. The van der Waals surface area contributed by atoms with E-state index in [1.807, 2.05) is 28.7 Å². The zero-order valence-corrected chi connectivity index (χ0v) is 8.99. The second kappa shape index (κ2) is 4.50. The van der Waals surface area contributed by atoms with Crippen molar-refractivity contribution in [3.8, 4) is 11.8 Å². The van der Waals surface area contributed by atoms with Crippen LogP contribution in [-0.4, -0.2) is 10.1 Å². The zero-order chi connectivity index (χ0) is 10.7. The first-order chi connectivity index (χ1) is 6.56. The van der Waals surface area contributed by atoms with Crippen LogP contribution in [0.1, 0.15) is 17.8 Å². The third-order valence-electron chi connectivity index (χ3n) is 1.51. The van der Waals surface area contributed by atoms with Gasteiger partial charge in [0.2, 0.25) is 0 Å². The Morgan fingerprint density at radius 1 is 1.64 bits per heavy atom. The van der Waals surface area contributed by atoms with Crippen LogP contribution in [0, 0.1) is 14.9 Å². The number of aromatic hydroxyl groups is 1. The van der Waals surface area contributed by atoms with E-state index < -0.39 is 17.9 Å². The normalized spacial score (nSPS) is 10.2. The topological polar surface area (TPSA) is 56.9 Å². The Balaban J connectivity index is 3.21. The quantitative estimate of drug-likeness (QED) is 0.853. The fourth-order valence-corrected chi connectivity index (χ4v) is 1.50. The van der Waals surface area contributed by atoms with Crippen molar-refractivity contribution in [3.05, 3.63) is 21.0 Å². The van der Waals surface area contributed by atoms with Gasteiger partial charge in [-0.05, 0) is 28.7 Å². The maximum atomic E-state index is 12.3. The van der Waals surface area contributed by atoms with Gasteiger partial charge in [-0.15, -0.1) is 0 Å². The van der Waals surface area contributed by atoms with E-state index in [9.17, 15) is 8.78 Å². The largest absolute Gasteiger partial charge is 0.506 e.